The number of hydrogen-bond donors (Lipinski definition) is 8. The zero-order valence-corrected chi connectivity index (χ0v) is 43.9. The molecule has 28 heteroatoms. The minimum atomic E-state index is -3.89. The number of amides is 2. The fraction of sp³-hybridized carbons (Fsp3) is 0.176. The normalized spacial score (nSPS) is 13.2. The van der Waals surface area contributed by atoms with Gasteiger partial charge in [-0.1, -0.05) is 24.3 Å². The first-order chi connectivity index (χ1) is 27.8. The monoisotopic (exact) mass is 1200 g/mol. The van der Waals surface area contributed by atoms with Gasteiger partial charge in [-0.25, -0.2) is 26.8 Å². The molecule has 0 atom stereocenters. The molecule has 2 aliphatic heterocycles. The SMILES string of the molecule is CC(=O)O.CC(=O)O.CC(=O)O.CC(=O)O.CN1C(C(=O)Nc2nccs2)=C(O)c2ccccc2S1(=O)=O.CN1C(C(=O)Nc2nccs2)=C(O)c2ccccc2S1(=O)=O.[Pr+3].[Pr+3]. The number of rotatable bonds is 4. The Morgan fingerprint density at radius 1 is 0.548 bits per heavy atom. The fourth-order valence-corrected chi connectivity index (χ4v) is 8.09. The van der Waals surface area contributed by atoms with Gasteiger partial charge in [0.2, 0.25) is 0 Å². The van der Waals surface area contributed by atoms with Gasteiger partial charge in [-0.15, -0.1) is 22.7 Å². The number of thiazole rings is 2. The molecule has 6 rings (SSSR count). The second-order valence-corrected chi connectivity index (χ2v) is 16.7. The second kappa shape index (κ2) is 27.8. The molecule has 0 unspecified atom stereocenters. The van der Waals surface area contributed by atoms with Gasteiger partial charge in [-0.2, -0.15) is 0 Å². The third-order valence-corrected chi connectivity index (χ3v) is 11.4. The number of carboxylic acid groups (broad SMARTS) is 4. The molecule has 0 saturated carbocycles. The number of aliphatic hydroxyl groups excluding tert-OH is 2. The van der Waals surface area contributed by atoms with E-state index in [2.05, 4.69) is 20.6 Å². The standard InChI is InChI=1S/2C13H11N3O4S2.4C2H4O2.2Pr/c2*1-16-10(12(18)15-13-14-6-7-21-13)11(17)8-4-2-3-5-9(8)22(16,19)20;4*1-2(3)4;;/h2*2-7,17H,1H3,(H,14,15,18);4*1H3,(H,3,4);;/q;;;;;;2*+3. The van der Waals surface area contributed by atoms with Crippen LogP contribution in [-0.4, -0.2) is 116 Å². The van der Waals surface area contributed by atoms with E-state index in [1.54, 1.807) is 35.0 Å². The van der Waals surface area contributed by atoms with Crippen LogP contribution in [0.5, 0.6) is 0 Å². The Kier molecular flexibility index (Phi) is 26.9. The molecule has 2 aromatic heterocycles. The number of aliphatic carboxylic acids is 4. The maximum Gasteiger partial charge on any atom is 3.00 e. The van der Waals surface area contributed by atoms with E-state index in [1.165, 1.54) is 73.4 Å². The Balaban J connectivity index is 0. The Labute approximate surface area is 429 Å². The first-order valence-electron chi connectivity index (χ1n) is 16.0. The molecule has 0 fully saturated rings. The molecule has 62 heavy (non-hydrogen) atoms. The van der Waals surface area contributed by atoms with E-state index in [1.807, 2.05) is 0 Å². The van der Waals surface area contributed by atoms with Crippen LogP contribution in [0.25, 0.3) is 11.5 Å². The number of anilines is 2. The predicted molar refractivity (Wildman–Crippen MR) is 217 cm³/mol. The first-order valence-corrected chi connectivity index (χ1v) is 20.7. The third-order valence-electron chi connectivity index (χ3n) is 6.38. The van der Waals surface area contributed by atoms with Gasteiger partial charge < -0.3 is 30.6 Å². The summed E-state index contributed by atoms with van der Waals surface area (Å²) < 4.78 is 51.4. The van der Waals surface area contributed by atoms with Gasteiger partial charge in [0.25, 0.3) is 55.7 Å². The molecular formula is C34H38N6O16Pr2S4+6. The summed E-state index contributed by atoms with van der Waals surface area (Å²) in [6.45, 7) is 4.33. The van der Waals surface area contributed by atoms with Crippen molar-refractivity contribution < 1.29 is 159 Å². The van der Waals surface area contributed by atoms with Crippen LogP contribution >= 0.6 is 22.7 Å². The van der Waals surface area contributed by atoms with E-state index in [0.29, 0.717) is 10.3 Å². The summed E-state index contributed by atoms with van der Waals surface area (Å²) >= 11 is 2.38. The van der Waals surface area contributed by atoms with Crippen LogP contribution in [0.2, 0.25) is 0 Å². The quantitative estimate of drug-likeness (QED) is 0.145. The summed E-state index contributed by atoms with van der Waals surface area (Å²) in [5, 5.41) is 59.2. The molecule has 0 bridgehead atoms. The number of nitrogens with one attached hydrogen (secondary N) is 2. The summed E-state index contributed by atoms with van der Waals surface area (Å²) in [7, 11) is -5.34. The Morgan fingerprint density at radius 2 is 0.806 bits per heavy atom. The molecule has 0 aliphatic carbocycles. The molecule has 324 valence electrons. The number of carbonyl (C=O) groups is 6. The van der Waals surface area contributed by atoms with Crippen LogP contribution in [0.1, 0.15) is 38.8 Å². The molecule has 4 heterocycles. The van der Waals surface area contributed by atoms with Gasteiger partial charge in [0.1, 0.15) is 0 Å². The van der Waals surface area contributed by atoms with Crippen molar-refractivity contribution in [3.05, 3.63) is 94.2 Å². The number of carboxylic acids is 4. The van der Waals surface area contributed by atoms with Crippen LogP contribution in [0, 0.1) is 82.6 Å². The number of likely N-dealkylation sites (N-methyl/N-ethyl adjacent to an activating group) is 2. The molecule has 2 aromatic carbocycles. The third kappa shape index (κ3) is 18.3. The van der Waals surface area contributed by atoms with Crippen molar-refractivity contribution in [2.24, 2.45) is 0 Å². The predicted octanol–water partition coefficient (Wildman–Crippen LogP) is 3.65. The second-order valence-electron chi connectivity index (χ2n) is 11.0. The van der Waals surface area contributed by atoms with Crippen molar-refractivity contribution in [2.45, 2.75) is 37.5 Å². The van der Waals surface area contributed by atoms with E-state index in [4.69, 9.17) is 39.6 Å². The van der Waals surface area contributed by atoms with Gasteiger partial charge in [0.05, 0.1) is 9.79 Å². The summed E-state index contributed by atoms with van der Waals surface area (Å²) in [5.41, 5.74) is -0.474. The molecule has 4 aromatic rings. The number of sulfonamides is 2. The zero-order chi connectivity index (χ0) is 46.1. The number of aliphatic hydroxyl groups is 2. The van der Waals surface area contributed by atoms with Gasteiger partial charge in [0, 0.05) is 76.1 Å². The average Bonchev–Trinajstić information content (AvgIpc) is 3.85. The van der Waals surface area contributed by atoms with Crippen molar-refractivity contribution in [1.82, 2.24) is 18.6 Å². The van der Waals surface area contributed by atoms with Crippen LogP contribution in [-0.2, 0) is 48.8 Å². The van der Waals surface area contributed by atoms with Crippen molar-refractivity contribution in [2.75, 3.05) is 24.7 Å². The van der Waals surface area contributed by atoms with Crippen molar-refractivity contribution in [1.29, 1.82) is 0 Å². The molecule has 22 nitrogen and oxygen atoms in total. The summed E-state index contributed by atoms with van der Waals surface area (Å²) in [6.07, 6.45) is 3.01. The zero-order valence-electron chi connectivity index (χ0n) is 33.3. The topological polar surface area (TPSA) is 348 Å². The maximum atomic E-state index is 12.5. The fourth-order valence-electron chi connectivity index (χ4n) is 4.25. The maximum absolute atomic E-state index is 12.5. The molecule has 8 N–H and O–H groups in total. The van der Waals surface area contributed by atoms with Gasteiger partial charge in [-0.05, 0) is 24.3 Å². The summed E-state index contributed by atoms with van der Waals surface area (Å²) in [5.74, 6) is -5.59. The smallest absolute Gasteiger partial charge is 0.505 e. The van der Waals surface area contributed by atoms with E-state index in [0.717, 1.165) is 36.3 Å². The Hall–Kier alpha value is -4.17. The number of aromatic nitrogens is 2. The van der Waals surface area contributed by atoms with E-state index in [9.17, 15) is 36.6 Å². The van der Waals surface area contributed by atoms with E-state index >= 15 is 0 Å². The minimum absolute atomic E-state index is 0. The molecule has 2 amide bonds. The number of carbonyl (C=O) groups excluding carboxylic acids is 2. The Bertz CT molecular complexity index is 2270. The summed E-state index contributed by atoms with van der Waals surface area (Å²) in [4.78, 5) is 68.3. The summed E-state index contributed by atoms with van der Waals surface area (Å²) in [6, 6.07) is 12.0. The number of nitrogens with zero attached hydrogens (tertiary/aromatic N) is 4. The largest absolute Gasteiger partial charge is 3.00 e. The van der Waals surface area contributed by atoms with Gasteiger partial charge >= 0.3 is 82.6 Å². The molecule has 0 saturated heterocycles. The number of benzene rings is 2. The Morgan fingerprint density at radius 3 is 1.05 bits per heavy atom. The van der Waals surface area contributed by atoms with Gasteiger partial charge in [0.15, 0.2) is 33.2 Å². The van der Waals surface area contributed by atoms with E-state index < -0.39 is 55.7 Å². The average molecular weight is 1200 g/mol. The van der Waals surface area contributed by atoms with Crippen molar-refractivity contribution in [3.8, 4) is 0 Å². The van der Waals surface area contributed by atoms with Crippen LogP contribution in [0.15, 0.2) is 92.9 Å². The van der Waals surface area contributed by atoms with Crippen LogP contribution < -0.4 is 10.6 Å². The van der Waals surface area contributed by atoms with Crippen molar-refractivity contribution >= 4 is 100 Å². The first kappa shape index (κ1) is 59.9. The van der Waals surface area contributed by atoms with E-state index in [-0.39, 0.29) is 126 Å². The molecular weight excluding hydrogens is 1160 g/mol. The minimum Gasteiger partial charge on any atom is -0.505 e. The van der Waals surface area contributed by atoms with Crippen LogP contribution in [0.3, 0.4) is 0 Å². The number of fused-ring (bicyclic) bond motifs is 2. The molecule has 2 aliphatic rings. The van der Waals surface area contributed by atoms with Crippen LogP contribution in [0.4, 0.5) is 10.3 Å². The number of hydrogen-bond acceptors (Lipinski definition) is 16. The van der Waals surface area contributed by atoms with Crippen molar-refractivity contribution in [3.63, 3.8) is 0 Å². The molecule has 0 radical (unpaired) electrons. The van der Waals surface area contributed by atoms with Gasteiger partial charge in [-0.3, -0.25) is 48.0 Å². The molecule has 0 spiro atoms.